The molecule has 0 aromatic heterocycles. The van der Waals surface area contributed by atoms with Gasteiger partial charge in [0.25, 0.3) is 0 Å². The average molecular weight is 244 g/mol. The molecule has 0 bridgehead atoms. The number of carboxylic acid groups (broad SMARTS) is 2. The highest BCUT2D eigenvalue weighted by Gasteiger charge is 2.22. The number of benzene rings is 1. The summed E-state index contributed by atoms with van der Waals surface area (Å²) in [5.74, 6) is -2.30. The van der Waals surface area contributed by atoms with Crippen LogP contribution in [-0.2, 0) is 9.59 Å². The molecule has 86 valence electrons. The van der Waals surface area contributed by atoms with Crippen LogP contribution in [0.3, 0.4) is 0 Å². The zero-order chi connectivity index (χ0) is 12.1. The Balaban J connectivity index is 2.90. The van der Waals surface area contributed by atoms with Gasteiger partial charge in [-0.05, 0) is 11.6 Å². The van der Waals surface area contributed by atoms with Crippen molar-refractivity contribution in [2.45, 2.75) is 6.04 Å². The van der Waals surface area contributed by atoms with Gasteiger partial charge in [-0.2, -0.15) is 0 Å². The van der Waals surface area contributed by atoms with E-state index in [9.17, 15) is 9.59 Å². The molecule has 5 nitrogen and oxygen atoms in total. The zero-order valence-electron chi connectivity index (χ0n) is 8.18. The number of aliphatic carboxylic acids is 2. The first kappa shape index (κ1) is 12.5. The summed E-state index contributed by atoms with van der Waals surface area (Å²) in [6, 6.07) is 5.28. The third kappa shape index (κ3) is 3.22. The highest BCUT2D eigenvalue weighted by molar-refractivity contribution is 6.31. The van der Waals surface area contributed by atoms with E-state index in [2.05, 4.69) is 5.32 Å². The molecule has 1 aromatic rings. The maximum absolute atomic E-state index is 11.0. The van der Waals surface area contributed by atoms with E-state index >= 15 is 0 Å². The van der Waals surface area contributed by atoms with Crippen LogP contribution in [0.15, 0.2) is 24.3 Å². The number of rotatable bonds is 5. The van der Waals surface area contributed by atoms with Crippen molar-refractivity contribution in [2.75, 3.05) is 6.54 Å². The Bertz CT molecular complexity index is 408. The van der Waals surface area contributed by atoms with Crippen LogP contribution in [-0.4, -0.2) is 28.7 Å². The van der Waals surface area contributed by atoms with Gasteiger partial charge in [-0.3, -0.25) is 14.9 Å². The lowest BCUT2D eigenvalue weighted by Gasteiger charge is -2.14. The second kappa shape index (κ2) is 5.48. The molecule has 0 aliphatic heterocycles. The first-order valence-corrected chi connectivity index (χ1v) is 4.82. The van der Waals surface area contributed by atoms with Gasteiger partial charge in [-0.25, -0.2) is 0 Å². The van der Waals surface area contributed by atoms with Crippen LogP contribution in [0.5, 0.6) is 0 Å². The molecule has 0 aliphatic carbocycles. The summed E-state index contributed by atoms with van der Waals surface area (Å²) in [4.78, 5) is 21.3. The van der Waals surface area contributed by atoms with E-state index in [1.165, 1.54) is 6.07 Å². The first-order chi connectivity index (χ1) is 7.52. The Morgan fingerprint density at radius 2 is 1.94 bits per heavy atom. The monoisotopic (exact) mass is 243 g/mol. The summed E-state index contributed by atoms with van der Waals surface area (Å²) in [7, 11) is 0. The lowest BCUT2D eigenvalue weighted by molar-refractivity contribution is -0.140. The molecule has 0 fully saturated rings. The van der Waals surface area contributed by atoms with Gasteiger partial charge < -0.3 is 10.2 Å². The van der Waals surface area contributed by atoms with Crippen molar-refractivity contribution in [1.82, 2.24) is 5.32 Å². The Morgan fingerprint density at radius 3 is 2.44 bits per heavy atom. The fourth-order valence-electron chi connectivity index (χ4n) is 1.23. The maximum Gasteiger partial charge on any atom is 0.325 e. The third-order valence-electron chi connectivity index (χ3n) is 1.92. The van der Waals surface area contributed by atoms with Gasteiger partial charge in [-0.15, -0.1) is 0 Å². The van der Waals surface area contributed by atoms with Crippen molar-refractivity contribution in [3.63, 3.8) is 0 Å². The van der Waals surface area contributed by atoms with E-state index in [4.69, 9.17) is 21.8 Å². The summed E-state index contributed by atoms with van der Waals surface area (Å²) in [5, 5.41) is 20.1. The fourth-order valence-corrected chi connectivity index (χ4v) is 1.47. The largest absolute Gasteiger partial charge is 0.480 e. The van der Waals surface area contributed by atoms with Gasteiger partial charge in [0.05, 0.1) is 6.54 Å². The number of carbonyl (C=O) groups is 2. The average Bonchev–Trinajstić information content (AvgIpc) is 2.20. The molecule has 16 heavy (non-hydrogen) atoms. The van der Waals surface area contributed by atoms with Gasteiger partial charge in [0.1, 0.15) is 6.04 Å². The van der Waals surface area contributed by atoms with Gasteiger partial charge in [0, 0.05) is 5.02 Å². The molecule has 1 aromatic carbocycles. The molecule has 1 unspecified atom stereocenters. The van der Waals surface area contributed by atoms with E-state index in [0.29, 0.717) is 5.56 Å². The lowest BCUT2D eigenvalue weighted by Crippen LogP contribution is -2.32. The number of nitrogens with one attached hydrogen (secondary N) is 1. The first-order valence-electron chi connectivity index (χ1n) is 4.44. The molecule has 0 aliphatic rings. The molecule has 0 saturated carbocycles. The van der Waals surface area contributed by atoms with Gasteiger partial charge in [-0.1, -0.05) is 29.8 Å². The van der Waals surface area contributed by atoms with Crippen molar-refractivity contribution in [2.24, 2.45) is 0 Å². The highest BCUT2D eigenvalue weighted by atomic mass is 35.5. The number of carboxylic acids is 2. The van der Waals surface area contributed by atoms with E-state index in [0.717, 1.165) is 0 Å². The fraction of sp³-hybridized carbons (Fsp3) is 0.200. The molecule has 0 spiro atoms. The number of hydrogen-bond acceptors (Lipinski definition) is 3. The topological polar surface area (TPSA) is 86.6 Å². The van der Waals surface area contributed by atoms with E-state index in [1.807, 2.05) is 0 Å². The van der Waals surface area contributed by atoms with Crippen LogP contribution in [0.2, 0.25) is 5.02 Å². The van der Waals surface area contributed by atoms with Crippen LogP contribution in [0.25, 0.3) is 0 Å². The molecular weight excluding hydrogens is 234 g/mol. The molecule has 0 saturated heterocycles. The Kier molecular flexibility index (Phi) is 4.28. The minimum absolute atomic E-state index is 0.285. The third-order valence-corrected chi connectivity index (χ3v) is 2.26. The van der Waals surface area contributed by atoms with Crippen LogP contribution >= 0.6 is 11.6 Å². The van der Waals surface area contributed by atoms with Crippen LogP contribution < -0.4 is 5.32 Å². The summed E-state index contributed by atoms with van der Waals surface area (Å²) >= 11 is 5.83. The van der Waals surface area contributed by atoms with E-state index in [-0.39, 0.29) is 5.02 Å². The zero-order valence-corrected chi connectivity index (χ0v) is 8.94. The second-order valence-corrected chi connectivity index (χ2v) is 3.47. The molecule has 3 N–H and O–H groups in total. The van der Waals surface area contributed by atoms with Crippen LogP contribution in [0, 0.1) is 0 Å². The Morgan fingerprint density at radius 1 is 1.31 bits per heavy atom. The summed E-state index contributed by atoms with van der Waals surface area (Å²) in [6.45, 7) is -0.442. The highest BCUT2D eigenvalue weighted by Crippen LogP contribution is 2.22. The smallest absolute Gasteiger partial charge is 0.325 e. The molecule has 0 amide bonds. The minimum Gasteiger partial charge on any atom is -0.480 e. The van der Waals surface area contributed by atoms with Crippen molar-refractivity contribution in [3.05, 3.63) is 34.9 Å². The molecule has 6 heteroatoms. The minimum atomic E-state index is -1.17. The van der Waals surface area contributed by atoms with Gasteiger partial charge in [0.2, 0.25) is 0 Å². The van der Waals surface area contributed by atoms with Crippen LogP contribution in [0.1, 0.15) is 11.6 Å². The summed E-state index contributed by atoms with van der Waals surface area (Å²) < 4.78 is 0. The van der Waals surface area contributed by atoms with Gasteiger partial charge >= 0.3 is 11.9 Å². The van der Waals surface area contributed by atoms with Crippen molar-refractivity contribution < 1.29 is 19.8 Å². The van der Waals surface area contributed by atoms with Gasteiger partial charge in [0.15, 0.2) is 0 Å². The summed E-state index contributed by atoms with van der Waals surface area (Å²) in [6.07, 6.45) is 0. The van der Waals surface area contributed by atoms with Crippen molar-refractivity contribution in [1.29, 1.82) is 0 Å². The SMILES string of the molecule is O=C(O)CNC(C(=O)O)c1ccccc1Cl. The van der Waals surface area contributed by atoms with Crippen molar-refractivity contribution in [3.8, 4) is 0 Å². The summed E-state index contributed by atoms with van der Waals surface area (Å²) in [5.41, 5.74) is 0.345. The predicted octanol–water partition coefficient (Wildman–Crippen LogP) is 1.14. The second-order valence-electron chi connectivity index (χ2n) is 3.07. The van der Waals surface area contributed by atoms with Crippen molar-refractivity contribution >= 4 is 23.5 Å². The molecule has 1 atom stereocenters. The number of halogens is 1. The standard InChI is InChI=1S/C10H10ClNO4/c11-7-4-2-1-3-6(7)9(10(15)16)12-5-8(13)14/h1-4,9,12H,5H2,(H,13,14)(H,15,16). The quantitative estimate of drug-likeness (QED) is 0.722. The number of hydrogen-bond donors (Lipinski definition) is 3. The van der Waals surface area contributed by atoms with Crippen LogP contribution in [0.4, 0.5) is 0 Å². The van der Waals surface area contributed by atoms with E-state index < -0.39 is 24.5 Å². The maximum atomic E-state index is 11.0. The molecule has 0 heterocycles. The molecule has 1 rings (SSSR count). The molecular formula is C10H10ClNO4. The predicted molar refractivity (Wildman–Crippen MR) is 57.5 cm³/mol. The van der Waals surface area contributed by atoms with E-state index in [1.54, 1.807) is 18.2 Å². The lowest BCUT2D eigenvalue weighted by atomic mass is 10.1. The Labute approximate surface area is 96.7 Å². The Hall–Kier alpha value is -1.59. The molecule has 0 radical (unpaired) electrons. The normalized spacial score (nSPS) is 12.1.